The summed E-state index contributed by atoms with van der Waals surface area (Å²) in [5.41, 5.74) is 5.52. The van der Waals surface area contributed by atoms with Gasteiger partial charge in [0.25, 0.3) is 0 Å². The van der Waals surface area contributed by atoms with Gasteiger partial charge < -0.3 is 15.8 Å². The summed E-state index contributed by atoms with van der Waals surface area (Å²) in [6.45, 7) is 5.75. The molecule has 19 heavy (non-hydrogen) atoms. The fourth-order valence-corrected chi connectivity index (χ4v) is 3.26. The normalized spacial score (nSPS) is 31.2. The molecule has 2 unspecified atom stereocenters. The van der Waals surface area contributed by atoms with Crippen LogP contribution in [-0.4, -0.2) is 30.7 Å². The summed E-state index contributed by atoms with van der Waals surface area (Å²) < 4.78 is 5.29. The first-order valence-electron chi connectivity index (χ1n) is 7.69. The van der Waals surface area contributed by atoms with E-state index in [0.29, 0.717) is 38.0 Å². The Hall–Kier alpha value is -0.610. The second-order valence-electron chi connectivity index (χ2n) is 6.61. The van der Waals surface area contributed by atoms with Crippen molar-refractivity contribution in [1.82, 2.24) is 5.32 Å². The number of hydrogen-bond acceptors (Lipinski definition) is 3. The van der Waals surface area contributed by atoms with Crippen LogP contribution < -0.4 is 11.1 Å². The Kier molecular flexibility index (Phi) is 4.85. The van der Waals surface area contributed by atoms with E-state index in [4.69, 9.17) is 10.5 Å². The zero-order chi connectivity index (χ0) is 13.9. The van der Waals surface area contributed by atoms with Crippen molar-refractivity contribution >= 4 is 5.91 Å². The fraction of sp³-hybridized carbons (Fsp3) is 0.933. The molecule has 3 N–H and O–H groups in total. The largest absolute Gasteiger partial charge is 0.381 e. The van der Waals surface area contributed by atoms with Crippen LogP contribution in [0.15, 0.2) is 0 Å². The third-order valence-corrected chi connectivity index (χ3v) is 4.83. The van der Waals surface area contributed by atoms with E-state index in [1.54, 1.807) is 0 Å². The van der Waals surface area contributed by atoms with Crippen molar-refractivity contribution in [2.75, 3.05) is 13.2 Å². The summed E-state index contributed by atoms with van der Waals surface area (Å²) in [7, 11) is 0. The van der Waals surface area contributed by atoms with Gasteiger partial charge in [-0.1, -0.05) is 26.7 Å². The van der Waals surface area contributed by atoms with Crippen LogP contribution in [0.25, 0.3) is 0 Å². The van der Waals surface area contributed by atoms with Gasteiger partial charge in [0.2, 0.25) is 5.91 Å². The SMILES string of the molecule is CC(C)C1CCCC(NC(=O)C2(N)CCOCC2)C1. The summed E-state index contributed by atoms with van der Waals surface area (Å²) in [6.07, 6.45) is 6.00. The molecule has 0 aromatic rings. The lowest BCUT2D eigenvalue weighted by atomic mass is 9.79. The smallest absolute Gasteiger partial charge is 0.240 e. The van der Waals surface area contributed by atoms with Crippen molar-refractivity contribution in [1.29, 1.82) is 0 Å². The minimum Gasteiger partial charge on any atom is -0.381 e. The Bertz CT molecular complexity index is 311. The first-order valence-corrected chi connectivity index (χ1v) is 7.69. The summed E-state index contributed by atoms with van der Waals surface area (Å²) >= 11 is 0. The lowest BCUT2D eigenvalue weighted by Crippen LogP contribution is -2.59. The van der Waals surface area contributed by atoms with E-state index in [-0.39, 0.29) is 5.91 Å². The van der Waals surface area contributed by atoms with Gasteiger partial charge in [-0.3, -0.25) is 4.79 Å². The molecule has 110 valence electrons. The van der Waals surface area contributed by atoms with Gasteiger partial charge in [0.15, 0.2) is 0 Å². The molecule has 2 fully saturated rings. The molecular weight excluding hydrogens is 240 g/mol. The van der Waals surface area contributed by atoms with Crippen LogP contribution in [0.5, 0.6) is 0 Å². The van der Waals surface area contributed by atoms with Crippen LogP contribution in [-0.2, 0) is 9.53 Å². The van der Waals surface area contributed by atoms with Crippen molar-refractivity contribution in [3.63, 3.8) is 0 Å². The van der Waals surface area contributed by atoms with Gasteiger partial charge >= 0.3 is 0 Å². The van der Waals surface area contributed by atoms with E-state index in [0.717, 1.165) is 18.8 Å². The van der Waals surface area contributed by atoms with Crippen molar-refractivity contribution in [3.8, 4) is 0 Å². The maximum absolute atomic E-state index is 12.4. The van der Waals surface area contributed by atoms with Crippen LogP contribution in [0.2, 0.25) is 0 Å². The molecule has 1 aliphatic heterocycles. The van der Waals surface area contributed by atoms with Gasteiger partial charge in [-0.05, 0) is 37.5 Å². The van der Waals surface area contributed by atoms with Gasteiger partial charge in [-0.15, -0.1) is 0 Å². The molecule has 0 aromatic carbocycles. The van der Waals surface area contributed by atoms with Crippen molar-refractivity contribution in [2.45, 2.75) is 64.0 Å². The van der Waals surface area contributed by atoms with E-state index in [1.165, 1.54) is 12.8 Å². The number of ether oxygens (including phenoxy) is 1. The van der Waals surface area contributed by atoms with Gasteiger partial charge in [0.05, 0.1) is 5.54 Å². The van der Waals surface area contributed by atoms with Gasteiger partial charge in [-0.25, -0.2) is 0 Å². The van der Waals surface area contributed by atoms with E-state index in [1.807, 2.05) is 0 Å². The molecule has 4 heteroatoms. The quantitative estimate of drug-likeness (QED) is 0.820. The molecule has 1 saturated heterocycles. The zero-order valence-corrected chi connectivity index (χ0v) is 12.3. The number of carbonyl (C=O) groups is 1. The Morgan fingerprint density at radius 2 is 2.00 bits per heavy atom. The third-order valence-electron chi connectivity index (χ3n) is 4.83. The average Bonchev–Trinajstić information content (AvgIpc) is 2.40. The third kappa shape index (κ3) is 3.69. The van der Waals surface area contributed by atoms with E-state index >= 15 is 0 Å². The van der Waals surface area contributed by atoms with Crippen molar-refractivity contribution < 1.29 is 9.53 Å². The number of amides is 1. The standard InChI is InChI=1S/C15H28N2O2/c1-11(2)12-4-3-5-13(10-12)17-14(18)15(16)6-8-19-9-7-15/h11-13H,3-10,16H2,1-2H3,(H,17,18). The first-order chi connectivity index (χ1) is 9.01. The summed E-state index contributed by atoms with van der Waals surface area (Å²) in [5, 5.41) is 3.19. The first kappa shape index (κ1) is 14.8. The molecule has 1 amide bonds. The topological polar surface area (TPSA) is 64.4 Å². The van der Waals surface area contributed by atoms with Crippen LogP contribution in [0.4, 0.5) is 0 Å². The molecule has 0 spiro atoms. The Balaban J connectivity index is 1.87. The van der Waals surface area contributed by atoms with E-state index in [9.17, 15) is 4.79 Å². The number of carbonyl (C=O) groups excluding carboxylic acids is 1. The van der Waals surface area contributed by atoms with E-state index < -0.39 is 5.54 Å². The second kappa shape index (κ2) is 6.23. The summed E-state index contributed by atoms with van der Waals surface area (Å²) in [6, 6.07) is 0.317. The highest BCUT2D eigenvalue weighted by Crippen LogP contribution is 2.30. The monoisotopic (exact) mass is 268 g/mol. The molecule has 1 saturated carbocycles. The van der Waals surface area contributed by atoms with Crippen LogP contribution in [0.3, 0.4) is 0 Å². The maximum Gasteiger partial charge on any atom is 0.240 e. The minimum atomic E-state index is -0.705. The number of rotatable bonds is 3. The second-order valence-corrected chi connectivity index (χ2v) is 6.61. The molecule has 2 atom stereocenters. The zero-order valence-electron chi connectivity index (χ0n) is 12.3. The Labute approximate surface area is 116 Å². The predicted octanol–water partition coefficient (Wildman–Crippen LogP) is 1.83. The fourth-order valence-electron chi connectivity index (χ4n) is 3.26. The molecule has 1 aliphatic carbocycles. The van der Waals surface area contributed by atoms with Gasteiger partial charge in [-0.2, -0.15) is 0 Å². The lowest BCUT2D eigenvalue weighted by molar-refractivity contribution is -0.130. The highest BCUT2D eigenvalue weighted by molar-refractivity contribution is 5.86. The van der Waals surface area contributed by atoms with Gasteiger partial charge in [0, 0.05) is 19.3 Å². The molecule has 0 radical (unpaired) electrons. The molecule has 4 nitrogen and oxygen atoms in total. The molecular formula is C15H28N2O2. The average molecular weight is 268 g/mol. The maximum atomic E-state index is 12.4. The van der Waals surface area contributed by atoms with E-state index in [2.05, 4.69) is 19.2 Å². The molecule has 1 heterocycles. The van der Waals surface area contributed by atoms with Crippen LogP contribution >= 0.6 is 0 Å². The minimum absolute atomic E-state index is 0.0326. The van der Waals surface area contributed by atoms with Crippen LogP contribution in [0.1, 0.15) is 52.4 Å². The number of nitrogens with one attached hydrogen (secondary N) is 1. The van der Waals surface area contributed by atoms with Crippen LogP contribution in [0, 0.1) is 11.8 Å². The number of nitrogens with two attached hydrogens (primary N) is 1. The van der Waals surface area contributed by atoms with Crippen molar-refractivity contribution in [2.24, 2.45) is 17.6 Å². The molecule has 0 bridgehead atoms. The molecule has 2 aliphatic rings. The van der Waals surface area contributed by atoms with Crippen molar-refractivity contribution in [3.05, 3.63) is 0 Å². The number of hydrogen-bond donors (Lipinski definition) is 2. The summed E-state index contributed by atoms with van der Waals surface area (Å²) in [4.78, 5) is 12.4. The van der Waals surface area contributed by atoms with Gasteiger partial charge in [0.1, 0.15) is 0 Å². The lowest BCUT2D eigenvalue weighted by Gasteiger charge is -2.36. The highest BCUT2D eigenvalue weighted by Gasteiger charge is 2.37. The predicted molar refractivity (Wildman–Crippen MR) is 75.7 cm³/mol. The highest BCUT2D eigenvalue weighted by atomic mass is 16.5. The Morgan fingerprint density at radius 3 is 2.63 bits per heavy atom. The Morgan fingerprint density at radius 1 is 1.32 bits per heavy atom. The summed E-state index contributed by atoms with van der Waals surface area (Å²) in [5.74, 6) is 1.47. The molecule has 0 aromatic heterocycles. The molecule has 2 rings (SSSR count).